The zero-order valence-electron chi connectivity index (χ0n) is 11.6. The molecule has 0 spiro atoms. The van der Waals surface area contributed by atoms with E-state index in [1.54, 1.807) is 0 Å². The normalized spacial score (nSPS) is 17.5. The summed E-state index contributed by atoms with van der Waals surface area (Å²) in [5.41, 5.74) is 8.26. The fourth-order valence-electron chi connectivity index (χ4n) is 2.93. The standard InChI is InChI=1S/C17H17F2NS/c18-15-8-13(20)9-16(19)17(15)21-10-12-6-3-5-11-4-1-2-7-14(11)12/h1-2,4,7-9,12H,3,5-6,10,20H2. The van der Waals surface area contributed by atoms with E-state index in [0.29, 0.717) is 11.7 Å². The van der Waals surface area contributed by atoms with Crippen LogP contribution in [0, 0.1) is 11.6 Å². The average Bonchev–Trinajstić information content (AvgIpc) is 2.46. The first kappa shape index (κ1) is 14.4. The highest BCUT2D eigenvalue weighted by molar-refractivity contribution is 7.99. The lowest BCUT2D eigenvalue weighted by atomic mass is 9.84. The largest absolute Gasteiger partial charge is 0.399 e. The highest BCUT2D eigenvalue weighted by Gasteiger charge is 2.21. The van der Waals surface area contributed by atoms with Gasteiger partial charge in [0.2, 0.25) is 0 Å². The lowest BCUT2D eigenvalue weighted by Crippen LogP contribution is -2.11. The van der Waals surface area contributed by atoms with E-state index in [9.17, 15) is 8.78 Å². The van der Waals surface area contributed by atoms with Gasteiger partial charge in [0.25, 0.3) is 0 Å². The monoisotopic (exact) mass is 305 g/mol. The van der Waals surface area contributed by atoms with Crippen LogP contribution in [0.1, 0.15) is 29.9 Å². The van der Waals surface area contributed by atoms with Crippen LogP contribution in [0.15, 0.2) is 41.3 Å². The molecule has 2 N–H and O–H groups in total. The van der Waals surface area contributed by atoms with Gasteiger partial charge >= 0.3 is 0 Å². The third-order valence-corrected chi connectivity index (χ3v) is 5.19. The number of fused-ring (bicyclic) bond motifs is 1. The van der Waals surface area contributed by atoms with E-state index in [0.717, 1.165) is 19.3 Å². The summed E-state index contributed by atoms with van der Waals surface area (Å²) < 4.78 is 27.6. The van der Waals surface area contributed by atoms with Crippen LogP contribution in [0.2, 0.25) is 0 Å². The number of aryl methyl sites for hydroxylation is 1. The second kappa shape index (κ2) is 6.06. The lowest BCUT2D eigenvalue weighted by Gasteiger charge is -2.25. The Labute approximate surface area is 127 Å². The quantitative estimate of drug-likeness (QED) is 0.653. The van der Waals surface area contributed by atoms with E-state index in [1.165, 1.54) is 35.0 Å². The SMILES string of the molecule is Nc1cc(F)c(SCC2CCCc3ccccc32)c(F)c1. The smallest absolute Gasteiger partial charge is 0.141 e. The van der Waals surface area contributed by atoms with E-state index in [-0.39, 0.29) is 10.6 Å². The molecule has 0 heterocycles. The molecule has 1 aliphatic carbocycles. The van der Waals surface area contributed by atoms with E-state index < -0.39 is 11.6 Å². The fraction of sp³-hybridized carbons (Fsp3) is 0.294. The van der Waals surface area contributed by atoms with Gasteiger partial charge in [0.05, 0.1) is 4.90 Å². The molecular weight excluding hydrogens is 288 g/mol. The predicted octanol–water partition coefficient (Wildman–Crippen LogP) is 4.76. The topological polar surface area (TPSA) is 26.0 Å². The zero-order valence-corrected chi connectivity index (χ0v) is 12.4. The van der Waals surface area contributed by atoms with Gasteiger partial charge in [-0.1, -0.05) is 24.3 Å². The number of rotatable bonds is 3. The number of nitrogens with two attached hydrogens (primary N) is 1. The van der Waals surface area contributed by atoms with Gasteiger partial charge in [0.15, 0.2) is 0 Å². The van der Waals surface area contributed by atoms with Gasteiger partial charge in [-0.15, -0.1) is 11.8 Å². The highest BCUT2D eigenvalue weighted by atomic mass is 32.2. The van der Waals surface area contributed by atoms with Crippen molar-refractivity contribution < 1.29 is 8.78 Å². The molecule has 1 aliphatic rings. The molecule has 0 amide bonds. The van der Waals surface area contributed by atoms with Crippen LogP contribution in [0.3, 0.4) is 0 Å². The van der Waals surface area contributed by atoms with Crippen molar-refractivity contribution in [1.82, 2.24) is 0 Å². The molecule has 0 aromatic heterocycles. The molecule has 110 valence electrons. The van der Waals surface area contributed by atoms with Crippen molar-refractivity contribution in [3.63, 3.8) is 0 Å². The Balaban J connectivity index is 1.78. The number of halogens is 2. The molecule has 4 heteroatoms. The molecule has 0 radical (unpaired) electrons. The van der Waals surface area contributed by atoms with Gasteiger partial charge < -0.3 is 5.73 Å². The molecule has 2 aromatic carbocycles. The van der Waals surface area contributed by atoms with Crippen LogP contribution in [-0.4, -0.2) is 5.75 Å². The molecule has 3 rings (SSSR count). The lowest BCUT2D eigenvalue weighted by molar-refractivity contribution is 0.540. The van der Waals surface area contributed by atoms with Gasteiger partial charge in [-0.2, -0.15) is 0 Å². The fourth-order valence-corrected chi connectivity index (χ4v) is 4.04. The summed E-state index contributed by atoms with van der Waals surface area (Å²) in [6, 6.07) is 10.7. The van der Waals surface area contributed by atoms with Crippen molar-refractivity contribution >= 4 is 17.4 Å². The van der Waals surface area contributed by atoms with Gasteiger partial charge in [-0.05, 0) is 48.4 Å². The van der Waals surface area contributed by atoms with Crippen LogP contribution in [0.5, 0.6) is 0 Å². The van der Waals surface area contributed by atoms with Gasteiger partial charge in [0, 0.05) is 11.4 Å². The van der Waals surface area contributed by atoms with Crippen LogP contribution >= 0.6 is 11.8 Å². The summed E-state index contributed by atoms with van der Waals surface area (Å²) in [7, 11) is 0. The summed E-state index contributed by atoms with van der Waals surface area (Å²) in [5, 5.41) is 0. The number of hydrogen-bond acceptors (Lipinski definition) is 2. The Kier molecular flexibility index (Phi) is 4.15. The Bertz CT molecular complexity index is 634. The Hall–Kier alpha value is -1.55. The van der Waals surface area contributed by atoms with Crippen molar-refractivity contribution in [3.8, 4) is 0 Å². The predicted molar refractivity (Wildman–Crippen MR) is 83.6 cm³/mol. The maximum absolute atomic E-state index is 13.8. The van der Waals surface area contributed by atoms with E-state index in [2.05, 4.69) is 12.1 Å². The third kappa shape index (κ3) is 3.05. The van der Waals surface area contributed by atoms with Gasteiger partial charge in [0.1, 0.15) is 11.6 Å². The molecule has 0 saturated heterocycles. The number of anilines is 1. The molecule has 0 aliphatic heterocycles. The van der Waals surface area contributed by atoms with Gasteiger partial charge in [-0.25, -0.2) is 8.78 Å². The molecule has 21 heavy (non-hydrogen) atoms. The Morgan fingerprint density at radius 1 is 1.14 bits per heavy atom. The van der Waals surface area contributed by atoms with E-state index >= 15 is 0 Å². The zero-order chi connectivity index (χ0) is 14.8. The molecule has 1 unspecified atom stereocenters. The first-order valence-electron chi connectivity index (χ1n) is 7.10. The summed E-state index contributed by atoms with van der Waals surface area (Å²) in [6.07, 6.45) is 3.30. The third-order valence-electron chi connectivity index (χ3n) is 3.94. The summed E-state index contributed by atoms with van der Waals surface area (Å²) >= 11 is 1.25. The van der Waals surface area contributed by atoms with Gasteiger partial charge in [-0.3, -0.25) is 0 Å². The maximum atomic E-state index is 13.8. The van der Waals surface area contributed by atoms with E-state index in [1.807, 2.05) is 12.1 Å². The van der Waals surface area contributed by atoms with Crippen LogP contribution in [0.25, 0.3) is 0 Å². The van der Waals surface area contributed by atoms with Crippen LogP contribution < -0.4 is 5.73 Å². The molecule has 2 aromatic rings. The summed E-state index contributed by atoms with van der Waals surface area (Å²) in [6.45, 7) is 0. The Morgan fingerprint density at radius 2 is 1.86 bits per heavy atom. The van der Waals surface area contributed by atoms with Crippen LogP contribution in [0.4, 0.5) is 14.5 Å². The van der Waals surface area contributed by atoms with Crippen molar-refractivity contribution in [2.45, 2.75) is 30.1 Å². The molecule has 0 fully saturated rings. The average molecular weight is 305 g/mol. The van der Waals surface area contributed by atoms with Crippen LogP contribution in [-0.2, 0) is 6.42 Å². The second-order valence-corrected chi connectivity index (χ2v) is 6.44. The minimum atomic E-state index is -0.568. The minimum absolute atomic E-state index is 0.0762. The number of benzene rings is 2. The molecule has 1 atom stereocenters. The Morgan fingerprint density at radius 3 is 2.62 bits per heavy atom. The van der Waals surface area contributed by atoms with Crippen molar-refractivity contribution in [2.75, 3.05) is 11.5 Å². The summed E-state index contributed by atoms with van der Waals surface area (Å²) in [4.78, 5) is 0.0762. The minimum Gasteiger partial charge on any atom is -0.399 e. The highest BCUT2D eigenvalue weighted by Crippen LogP contribution is 2.37. The molecule has 1 nitrogen and oxygen atoms in total. The molecular formula is C17H17F2NS. The van der Waals surface area contributed by atoms with Crippen molar-refractivity contribution in [1.29, 1.82) is 0 Å². The first-order chi connectivity index (χ1) is 10.1. The number of nitrogen functional groups attached to an aromatic ring is 1. The van der Waals surface area contributed by atoms with Crippen molar-refractivity contribution in [2.24, 2.45) is 0 Å². The second-order valence-electron chi connectivity index (χ2n) is 5.41. The summed E-state index contributed by atoms with van der Waals surface area (Å²) in [5.74, 6) is -0.0890. The molecule has 0 bridgehead atoms. The first-order valence-corrected chi connectivity index (χ1v) is 8.09. The maximum Gasteiger partial charge on any atom is 0.141 e. The van der Waals surface area contributed by atoms with E-state index in [4.69, 9.17) is 5.73 Å². The number of hydrogen-bond donors (Lipinski definition) is 1. The van der Waals surface area contributed by atoms with Crippen molar-refractivity contribution in [3.05, 3.63) is 59.2 Å². The molecule has 0 saturated carbocycles. The number of thioether (sulfide) groups is 1.